The molecule has 3 aromatic rings. The first-order valence-electron chi connectivity index (χ1n) is 10.8. The summed E-state index contributed by atoms with van der Waals surface area (Å²) in [4.78, 5) is 17.5. The standard InChI is InChI=1S/C23H28N4O2S2/c1-17-19-13-20(31-22(19)27(25-17)14-18-5-3-2-4-6-18)21(28)24-15-23(7-12-30-16-23)26-8-10-29-11-9-26/h2-6,13H,7-12,14-16H2,1H3,(H,24,28)/t23-/m0/s1. The Bertz CT molecular complexity index is 1050. The molecule has 2 saturated heterocycles. The number of morpholine rings is 1. The molecule has 1 atom stereocenters. The monoisotopic (exact) mass is 456 g/mol. The van der Waals surface area contributed by atoms with Gasteiger partial charge in [-0.15, -0.1) is 11.3 Å². The molecular formula is C23H28N4O2S2. The molecule has 8 heteroatoms. The van der Waals surface area contributed by atoms with Gasteiger partial charge in [-0.25, -0.2) is 0 Å². The summed E-state index contributed by atoms with van der Waals surface area (Å²) < 4.78 is 7.56. The lowest BCUT2D eigenvalue weighted by Crippen LogP contribution is -2.59. The molecule has 1 aromatic carbocycles. The number of benzene rings is 1. The average Bonchev–Trinajstić information content (AvgIpc) is 3.52. The van der Waals surface area contributed by atoms with Crippen LogP contribution in [0.2, 0.25) is 0 Å². The number of hydrogen-bond donors (Lipinski definition) is 1. The van der Waals surface area contributed by atoms with E-state index in [4.69, 9.17) is 9.84 Å². The van der Waals surface area contributed by atoms with Gasteiger partial charge in [0.1, 0.15) is 4.83 Å². The molecule has 0 spiro atoms. The SMILES string of the molecule is Cc1nn(Cc2ccccc2)c2sc(C(=O)NC[C@@]3(N4CCOCC4)CCSC3)cc12. The molecule has 2 aromatic heterocycles. The molecule has 4 heterocycles. The number of fused-ring (bicyclic) bond motifs is 1. The van der Waals surface area contributed by atoms with Crippen LogP contribution < -0.4 is 5.32 Å². The normalized spacial score (nSPS) is 22.2. The van der Waals surface area contributed by atoms with Crippen molar-refractivity contribution in [1.82, 2.24) is 20.0 Å². The van der Waals surface area contributed by atoms with Gasteiger partial charge < -0.3 is 10.1 Å². The number of aromatic nitrogens is 2. The second-order valence-electron chi connectivity index (χ2n) is 8.37. The van der Waals surface area contributed by atoms with E-state index in [2.05, 4.69) is 22.3 Å². The Hall–Kier alpha value is -1.87. The van der Waals surface area contributed by atoms with Gasteiger partial charge in [0.2, 0.25) is 0 Å². The molecule has 2 aliphatic rings. The van der Waals surface area contributed by atoms with Gasteiger partial charge in [0.15, 0.2) is 0 Å². The number of rotatable bonds is 6. The number of ether oxygens (including phenoxy) is 1. The number of nitrogens with zero attached hydrogens (tertiary/aromatic N) is 3. The van der Waals surface area contributed by atoms with E-state index in [1.807, 2.05) is 47.6 Å². The lowest BCUT2D eigenvalue weighted by Gasteiger charge is -2.43. The van der Waals surface area contributed by atoms with Crippen LogP contribution >= 0.6 is 23.1 Å². The van der Waals surface area contributed by atoms with Crippen molar-refractivity contribution in [3.05, 3.63) is 52.5 Å². The Balaban J connectivity index is 1.32. The predicted molar refractivity (Wildman–Crippen MR) is 127 cm³/mol. The van der Waals surface area contributed by atoms with Crippen molar-refractivity contribution in [3.8, 4) is 0 Å². The summed E-state index contributed by atoms with van der Waals surface area (Å²) in [5.41, 5.74) is 2.23. The fraction of sp³-hybridized carbons (Fsp3) is 0.478. The number of carbonyl (C=O) groups excluding carboxylic acids is 1. The molecule has 0 unspecified atom stereocenters. The fourth-order valence-corrected chi connectivity index (χ4v) is 7.11. The van der Waals surface area contributed by atoms with Crippen LogP contribution in [-0.2, 0) is 11.3 Å². The average molecular weight is 457 g/mol. The molecule has 164 valence electrons. The molecule has 1 amide bonds. The first-order chi connectivity index (χ1) is 15.1. The summed E-state index contributed by atoms with van der Waals surface area (Å²) in [5, 5.41) is 9.04. The minimum atomic E-state index is 0.0244. The summed E-state index contributed by atoms with van der Waals surface area (Å²) in [5.74, 6) is 2.26. The molecule has 0 saturated carbocycles. The third kappa shape index (κ3) is 4.26. The van der Waals surface area contributed by atoms with Gasteiger partial charge in [0.25, 0.3) is 5.91 Å². The highest BCUT2D eigenvalue weighted by atomic mass is 32.2. The minimum absolute atomic E-state index is 0.0244. The number of aryl methyl sites for hydroxylation is 1. The molecular weight excluding hydrogens is 428 g/mol. The first-order valence-corrected chi connectivity index (χ1v) is 12.8. The van der Waals surface area contributed by atoms with E-state index in [1.54, 1.807) is 0 Å². The zero-order valence-electron chi connectivity index (χ0n) is 17.8. The molecule has 2 aliphatic heterocycles. The lowest BCUT2D eigenvalue weighted by atomic mass is 9.95. The Morgan fingerprint density at radius 2 is 2.06 bits per heavy atom. The van der Waals surface area contributed by atoms with Crippen LogP contribution in [0.15, 0.2) is 36.4 Å². The molecule has 0 radical (unpaired) electrons. The van der Waals surface area contributed by atoms with E-state index >= 15 is 0 Å². The molecule has 0 bridgehead atoms. The van der Waals surface area contributed by atoms with Crippen LogP contribution in [0, 0.1) is 6.92 Å². The number of hydrogen-bond acceptors (Lipinski definition) is 6. The number of amides is 1. The van der Waals surface area contributed by atoms with E-state index in [1.165, 1.54) is 16.9 Å². The topological polar surface area (TPSA) is 59.4 Å². The zero-order valence-corrected chi connectivity index (χ0v) is 19.4. The quantitative estimate of drug-likeness (QED) is 0.616. The van der Waals surface area contributed by atoms with Crippen LogP contribution in [0.4, 0.5) is 0 Å². The zero-order chi connectivity index (χ0) is 21.3. The molecule has 6 nitrogen and oxygen atoms in total. The first kappa shape index (κ1) is 21.0. The fourth-order valence-electron chi connectivity index (χ4n) is 4.55. The highest BCUT2D eigenvalue weighted by Gasteiger charge is 2.41. The summed E-state index contributed by atoms with van der Waals surface area (Å²) >= 11 is 3.53. The maximum Gasteiger partial charge on any atom is 0.261 e. The van der Waals surface area contributed by atoms with Crippen molar-refractivity contribution >= 4 is 39.2 Å². The van der Waals surface area contributed by atoms with E-state index in [-0.39, 0.29) is 11.4 Å². The van der Waals surface area contributed by atoms with Crippen molar-refractivity contribution in [1.29, 1.82) is 0 Å². The van der Waals surface area contributed by atoms with Crippen molar-refractivity contribution in [2.45, 2.75) is 25.4 Å². The van der Waals surface area contributed by atoms with Crippen molar-refractivity contribution in [2.24, 2.45) is 0 Å². The minimum Gasteiger partial charge on any atom is -0.379 e. The third-order valence-electron chi connectivity index (χ3n) is 6.35. The molecule has 0 aliphatic carbocycles. The Kier molecular flexibility index (Phi) is 6.05. The molecule has 2 fully saturated rings. The maximum absolute atomic E-state index is 13.1. The molecule has 31 heavy (non-hydrogen) atoms. The Morgan fingerprint density at radius 3 is 2.81 bits per heavy atom. The van der Waals surface area contributed by atoms with E-state index in [9.17, 15) is 4.79 Å². The van der Waals surface area contributed by atoms with Gasteiger partial charge in [0.05, 0.1) is 30.3 Å². The van der Waals surface area contributed by atoms with E-state index in [0.29, 0.717) is 13.1 Å². The van der Waals surface area contributed by atoms with Crippen molar-refractivity contribution < 1.29 is 9.53 Å². The number of thioether (sulfide) groups is 1. The van der Waals surface area contributed by atoms with E-state index < -0.39 is 0 Å². The van der Waals surface area contributed by atoms with Crippen LogP contribution in [0.3, 0.4) is 0 Å². The van der Waals surface area contributed by atoms with Gasteiger partial charge in [-0.1, -0.05) is 30.3 Å². The van der Waals surface area contributed by atoms with Crippen LogP contribution in [0.25, 0.3) is 10.2 Å². The summed E-state index contributed by atoms with van der Waals surface area (Å²) in [7, 11) is 0. The Morgan fingerprint density at radius 1 is 1.26 bits per heavy atom. The van der Waals surface area contributed by atoms with Gasteiger partial charge in [-0.3, -0.25) is 14.4 Å². The van der Waals surface area contributed by atoms with Crippen molar-refractivity contribution in [3.63, 3.8) is 0 Å². The van der Waals surface area contributed by atoms with Crippen LogP contribution in [-0.4, -0.2) is 70.5 Å². The second kappa shape index (κ2) is 8.94. The summed E-state index contributed by atoms with van der Waals surface area (Å²) in [6.45, 7) is 6.90. The third-order valence-corrected chi connectivity index (χ3v) is 8.73. The van der Waals surface area contributed by atoms with Gasteiger partial charge in [-0.2, -0.15) is 16.9 Å². The number of thiophene rings is 1. The van der Waals surface area contributed by atoms with Crippen LogP contribution in [0.5, 0.6) is 0 Å². The summed E-state index contributed by atoms with van der Waals surface area (Å²) in [6.07, 6.45) is 1.12. The second-order valence-corrected chi connectivity index (χ2v) is 10.5. The van der Waals surface area contributed by atoms with Crippen molar-refractivity contribution in [2.75, 3.05) is 44.4 Å². The smallest absolute Gasteiger partial charge is 0.261 e. The highest BCUT2D eigenvalue weighted by molar-refractivity contribution is 7.99. The summed E-state index contributed by atoms with van der Waals surface area (Å²) in [6, 6.07) is 12.3. The maximum atomic E-state index is 13.1. The highest BCUT2D eigenvalue weighted by Crippen LogP contribution is 2.34. The molecule has 1 N–H and O–H groups in total. The van der Waals surface area contributed by atoms with Gasteiger partial charge in [0, 0.05) is 36.3 Å². The Labute approximate surface area is 190 Å². The van der Waals surface area contributed by atoms with Gasteiger partial charge >= 0.3 is 0 Å². The van der Waals surface area contributed by atoms with E-state index in [0.717, 1.165) is 65.0 Å². The molecule has 5 rings (SSSR count). The van der Waals surface area contributed by atoms with Crippen LogP contribution in [0.1, 0.15) is 27.3 Å². The number of carbonyl (C=O) groups is 1. The van der Waals surface area contributed by atoms with Gasteiger partial charge in [-0.05, 0) is 30.7 Å². The lowest BCUT2D eigenvalue weighted by molar-refractivity contribution is -0.0129. The predicted octanol–water partition coefficient (Wildman–Crippen LogP) is 3.39. The largest absolute Gasteiger partial charge is 0.379 e. The number of nitrogens with one attached hydrogen (secondary N) is 1.